The van der Waals surface area contributed by atoms with Crippen LogP contribution in [0.3, 0.4) is 0 Å². The molecular weight excluding hydrogens is 306 g/mol. The average molecular weight is 316 g/mol. The van der Waals surface area contributed by atoms with Gasteiger partial charge < -0.3 is 5.11 Å². The molecular formula is C13H9BrClFO. The summed E-state index contributed by atoms with van der Waals surface area (Å²) in [4.78, 5) is 0. The third-order valence-corrected chi connectivity index (χ3v) is 3.04. The number of halogens is 3. The second kappa shape index (κ2) is 5.17. The van der Waals surface area contributed by atoms with E-state index in [1.165, 1.54) is 12.1 Å². The summed E-state index contributed by atoms with van der Waals surface area (Å²) in [6.07, 6.45) is -0.888. The molecule has 0 amide bonds. The Morgan fingerprint density at radius 3 is 2.53 bits per heavy atom. The number of rotatable bonds is 2. The molecule has 2 aromatic carbocycles. The quantitative estimate of drug-likeness (QED) is 0.875. The van der Waals surface area contributed by atoms with Crippen molar-refractivity contribution in [3.8, 4) is 0 Å². The van der Waals surface area contributed by atoms with Crippen LogP contribution >= 0.6 is 27.5 Å². The van der Waals surface area contributed by atoms with E-state index in [1.807, 2.05) is 0 Å². The molecule has 17 heavy (non-hydrogen) atoms. The van der Waals surface area contributed by atoms with Crippen LogP contribution < -0.4 is 0 Å². The van der Waals surface area contributed by atoms with E-state index < -0.39 is 6.10 Å². The van der Waals surface area contributed by atoms with Gasteiger partial charge in [0.15, 0.2) is 0 Å². The maximum atomic E-state index is 13.1. The van der Waals surface area contributed by atoms with Crippen LogP contribution in [0.4, 0.5) is 4.39 Å². The van der Waals surface area contributed by atoms with Crippen LogP contribution in [0.15, 0.2) is 46.9 Å². The molecule has 0 spiro atoms. The Bertz CT molecular complexity index is 524. The molecule has 1 unspecified atom stereocenters. The van der Waals surface area contributed by atoms with Crippen molar-refractivity contribution in [2.24, 2.45) is 0 Å². The fourth-order valence-electron chi connectivity index (χ4n) is 1.60. The summed E-state index contributed by atoms with van der Waals surface area (Å²) in [7, 11) is 0. The van der Waals surface area contributed by atoms with Gasteiger partial charge in [-0.1, -0.05) is 39.7 Å². The second-order valence-electron chi connectivity index (χ2n) is 3.66. The summed E-state index contributed by atoms with van der Waals surface area (Å²) in [6.45, 7) is 0. The molecule has 0 aliphatic heterocycles. The fourth-order valence-corrected chi connectivity index (χ4v) is 2.49. The summed E-state index contributed by atoms with van der Waals surface area (Å²) in [5.74, 6) is -0.373. The number of hydrogen-bond acceptors (Lipinski definition) is 1. The van der Waals surface area contributed by atoms with Crippen molar-refractivity contribution < 1.29 is 9.50 Å². The van der Waals surface area contributed by atoms with E-state index in [-0.39, 0.29) is 5.82 Å². The smallest absolute Gasteiger partial charge is 0.123 e. The molecule has 0 radical (unpaired) electrons. The molecule has 0 saturated carbocycles. The molecule has 0 heterocycles. The van der Waals surface area contributed by atoms with Crippen molar-refractivity contribution in [3.63, 3.8) is 0 Å². The van der Waals surface area contributed by atoms with Crippen molar-refractivity contribution >= 4 is 27.5 Å². The van der Waals surface area contributed by atoms with Crippen molar-refractivity contribution in [3.05, 3.63) is 68.9 Å². The Labute approximate surface area is 112 Å². The molecule has 2 rings (SSSR count). The van der Waals surface area contributed by atoms with E-state index >= 15 is 0 Å². The lowest BCUT2D eigenvalue weighted by Gasteiger charge is -2.12. The minimum atomic E-state index is -0.888. The molecule has 0 aromatic heterocycles. The van der Waals surface area contributed by atoms with Crippen LogP contribution in [0.1, 0.15) is 17.2 Å². The lowest BCUT2D eigenvalue weighted by atomic mass is 10.0. The second-order valence-corrected chi connectivity index (χ2v) is 5.01. The fraction of sp³-hybridized carbons (Fsp3) is 0.0769. The van der Waals surface area contributed by atoms with Crippen molar-refractivity contribution in [1.29, 1.82) is 0 Å². The Morgan fingerprint density at radius 1 is 1.12 bits per heavy atom. The van der Waals surface area contributed by atoms with Crippen molar-refractivity contribution in [1.82, 2.24) is 0 Å². The van der Waals surface area contributed by atoms with Crippen LogP contribution in [-0.4, -0.2) is 5.11 Å². The summed E-state index contributed by atoms with van der Waals surface area (Å²) >= 11 is 9.20. The number of aliphatic hydroxyl groups is 1. The van der Waals surface area contributed by atoms with Gasteiger partial charge in [0, 0.05) is 9.50 Å². The zero-order valence-electron chi connectivity index (χ0n) is 8.70. The average Bonchev–Trinajstić information content (AvgIpc) is 2.26. The summed E-state index contributed by atoms with van der Waals surface area (Å²) in [5, 5.41) is 10.6. The zero-order chi connectivity index (χ0) is 12.4. The highest BCUT2D eigenvalue weighted by Gasteiger charge is 2.12. The number of hydrogen-bond donors (Lipinski definition) is 1. The van der Waals surface area contributed by atoms with Crippen molar-refractivity contribution in [2.75, 3.05) is 0 Å². The molecule has 1 N–H and O–H groups in total. The van der Waals surface area contributed by atoms with Gasteiger partial charge in [-0.3, -0.25) is 0 Å². The van der Waals surface area contributed by atoms with Gasteiger partial charge in [0.25, 0.3) is 0 Å². The van der Waals surface area contributed by atoms with E-state index in [9.17, 15) is 9.50 Å². The lowest BCUT2D eigenvalue weighted by Crippen LogP contribution is -2.00. The van der Waals surface area contributed by atoms with E-state index in [4.69, 9.17) is 11.6 Å². The predicted octanol–water partition coefficient (Wildman–Crippen LogP) is 4.32. The molecule has 0 fully saturated rings. The molecule has 1 atom stereocenters. The molecule has 2 aromatic rings. The highest BCUT2D eigenvalue weighted by molar-refractivity contribution is 9.10. The SMILES string of the molecule is OC(c1cccc(F)c1)c1cc(Cl)cc(Br)c1. The summed E-state index contributed by atoms with van der Waals surface area (Å²) in [6, 6.07) is 11.0. The highest BCUT2D eigenvalue weighted by atomic mass is 79.9. The maximum Gasteiger partial charge on any atom is 0.123 e. The number of benzene rings is 2. The molecule has 4 heteroatoms. The molecule has 0 aliphatic rings. The van der Waals surface area contributed by atoms with E-state index in [1.54, 1.807) is 30.3 Å². The Morgan fingerprint density at radius 2 is 1.88 bits per heavy atom. The third-order valence-electron chi connectivity index (χ3n) is 2.37. The van der Waals surface area contributed by atoms with Crippen LogP contribution in [0, 0.1) is 5.82 Å². The summed E-state index contributed by atoms with van der Waals surface area (Å²) < 4.78 is 13.8. The van der Waals surface area contributed by atoms with E-state index in [0.717, 1.165) is 4.47 Å². The monoisotopic (exact) mass is 314 g/mol. The van der Waals surface area contributed by atoms with Gasteiger partial charge in [0.05, 0.1) is 0 Å². The van der Waals surface area contributed by atoms with Crippen LogP contribution in [0.2, 0.25) is 5.02 Å². The van der Waals surface area contributed by atoms with Gasteiger partial charge >= 0.3 is 0 Å². The van der Waals surface area contributed by atoms with Crippen LogP contribution in [-0.2, 0) is 0 Å². The topological polar surface area (TPSA) is 20.2 Å². The molecule has 0 saturated heterocycles. The normalized spacial score (nSPS) is 12.5. The minimum Gasteiger partial charge on any atom is -0.384 e. The highest BCUT2D eigenvalue weighted by Crippen LogP contribution is 2.28. The lowest BCUT2D eigenvalue weighted by molar-refractivity contribution is 0.219. The van der Waals surface area contributed by atoms with E-state index in [2.05, 4.69) is 15.9 Å². The predicted molar refractivity (Wildman–Crippen MR) is 69.6 cm³/mol. The largest absolute Gasteiger partial charge is 0.384 e. The van der Waals surface area contributed by atoms with Gasteiger partial charge in [-0.2, -0.15) is 0 Å². The van der Waals surface area contributed by atoms with Gasteiger partial charge in [-0.25, -0.2) is 4.39 Å². The first-order valence-corrected chi connectivity index (χ1v) is 6.13. The Kier molecular flexibility index (Phi) is 3.82. The van der Waals surface area contributed by atoms with Crippen molar-refractivity contribution in [2.45, 2.75) is 6.10 Å². The Balaban J connectivity index is 2.39. The van der Waals surface area contributed by atoms with Gasteiger partial charge in [0.1, 0.15) is 11.9 Å². The Hall–Kier alpha value is -0.900. The standard InChI is InChI=1S/C13H9BrClFO/c14-10-4-9(5-11(15)7-10)13(17)8-2-1-3-12(16)6-8/h1-7,13,17H. The molecule has 88 valence electrons. The van der Waals surface area contributed by atoms with Crippen LogP contribution in [0.5, 0.6) is 0 Å². The first kappa shape index (κ1) is 12.6. The summed E-state index contributed by atoms with van der Waals surface area (Å²) in [5.41, 5.74) is 1.12. The third kappa shape index (κ3) is 3.06. The first-order valence-electron chi connectivity index (χ1n) is 4.96. The molecule has 0 bridgehead atoms. The van der Waals surface area contributed by atoms with E-state index in [0.29, 0.717) is 16.1 Å². The minimum absolute atomic E-state index is 0.373. The van der Waals surface area contributed by atoms with Gasteiger partial charge in [-0.15, -0.1) is 0 Å². The molecule has 0 aliphatic carbocycles. The number of aliphatic hydroxyl groups excluding tert-OH is 1. The zero-order valence-corrected chi connectivity index (χ0v) is 11.0. The van der Waals surface area contributed by atoms with Crippen LogP contribution in [0.25, 0.3) is 0 Å². The van der Waals surface area contributed by atoms with Gasteiger partial charge in [0.2, 0.25) is 0 Å². The first-order chi connectivity index (χ1) is 8.06. The van der Waals surface area contributed by atoms with Gasteiger partial charge in [-0.05, 0) is 41.5 Å². The molecule has 1 nitrogen and oxygen atoms in total. The maximum absolute atomic E-state index is 13.1.